The van der Waals surface area contributed by atoms with Crippen LogP contribution < -0.4 is 5.32 Å². The SMILES string of the molecule is O=C(CN1CCC(c2c[nH]c3ccccc23)CC1)Nc1ccccn1. The first-order valence-electron chi connectivity index (χ1n) is 8.79. The van der Waals surface area contributed by atoms with Crippen molar-refractivity contribution in [2.24, 2.45) is 0 Å². The molecule has 0 spiro atoms. The zero-order chi connectivity index (χ0) is 17.1. The first kappa shape index (κ1) is 15.8. The molecule has 1 saturated heterocycles. The van der Waals surface area contributed by atoms with Crippen molar-refractivity contribution in [1.82, 2.24) is 14.9 Å². The number of likely N-dealkylation sites (tertiary alicyclic amines) is 1. The third kappa shape index (κ3) is 3.56. The number of fused-ring (bicyclic) bond motifs is 1. The maximum Gasteiger partial charge on any atom is 0.239 e. The summed E-state index contributed by atoms with van der Waals surface area (Å²) in [6, 6.07) is 14.0. The maximum atomic E-state index is 12.2. The number of amides is 1. The normalized spacial score (nSPS) is 16.2. The number of aromatic amines is 1. The highest BCUT2D eigenvalue weighted by atomic mass is 16.2. The fraction of sp³-hybridized carbons (Fsp3) is 0.300. The lowest BCUT2D eigenvalue weighted by Gasteiger charge is -2.31. The number of piperidine rings is 1. The van der Waals surface area contributed by atoms with Gasteiger partial charge in [-0.2, -0.15) is 0 Å². The summed E-state index contributed by atoms with van der Waals surface area (Å²) in [5.41, 5.74) is 2.61. The van der Waals surface area contributed by atoms with Crippen molar-refractivity contribution in [2.75, 3.05) is 25.0 Å². The first-order valence-corrected chi connectivity index (χ1v) is 8.79. The second-order valence-corrected chi connectivity index (χ2v) is 6.60. The molecule has 25 heavy (non-hydrogen) atoms. The van der Waals surface area contributed by atoms with Gasteiger partial charge in [0.05, 0.1) is 6.54 Å². The van der Waals surface area contributed by atoms with Crippen molar-refractivity contribution in [3.05, 3.63) is 60.4 Å². The van der Waals surface area contributed by atoms with E-state index in [0.29, 0.717) is 18.3 Å². The molecule has 3 heterocycles. The van der Waals surface area contributed by atoms with E-state index in [1.165, 1.54) is 16.5 Å². The van der Waals surface area contributed by atoms with E-state index in [-0.39, 0.29) is 5.91 Å². The van der Waals surface area contributed by atoms with E-state index in [9.17, 15) is 4.79 Å². The van der Waals surface area contributed by atoms with E-state index in [2.05, 4.69) is 50.6 Å². The van der Waals surface area contributed by atoms with Gasteiger partial charge in [-0.3, -0.25) is 9.69 Å². The summed E-state index contributed by atoms with van der Waals surface area (Å²) < 4.78 is 0. The van der Waals surface area contributed by atoms with Gasteiger partial charge in [0.25, 0.3) is 0 Å². The van der Waals surface area contributed by atoms with Gasteiger partial charge in [-0.1, -0.05) is 24.3 Å². The van der Waals surface area contributed by atoms with E-state index >= 15 is 0 Å². The lowest BCUT2D eigenvalue weighted by Crippen LogP contribution is -2.38. The van der Waals surface area contributed by atoms with Gasteiger partial charge in [-0.15, -0.1) is 0 Å². The monoisotopic (exact) mass is 334 g/mol. The van der Waals surface area contributed by atoms with Gasteiger partial charge in [0, 0.05) is 23.3 Å². The summed E-state index contributed by atoms with van der Waals surface area (Å²) in [7, 11) is 0. The van der Waals surface area contributed by atoms with Crippen molar-refractivity contribution in [2.45, 2.75) is 18.8 Å². The Balaban J connectivity index is 1.33. The van der Waals surface area contributed by atoms with Crippen molar-refractivity contribution in [3.63, 3.8) is 0 Å². The Morgan fingerprint density at radius 1 is 1.16 bits per heavy atom. The van der Waals surface area contributed by atoms with Gasteiger partial charge < -0.3 is 10.3 Å². The Morgan fingerprint density at radius 2 is 1.96 bits per heavy atom. The molecule has 1 fully saturated rings. The van der Waals surface area contributed by atoms with Crippen LogP contribution >= 0.6 is 0 Å². The minimum atomic E-state index is 0.00393. The second-order valence-electron chi connectivity index (χ2n) is 6.60. The van der Waals surface area contributed by atoms with E-state index in [1.807, 2.05) is 12.1 Å². The highest BCUT2D eigenvalue weighted by Crippen LogP contribution is 2.32. The number of hydrogen-bond donors (Lipinski definition) is 2. The fourth-order valence-corrected chi connectivity index (χ4v) is 3.66. The number of hydrogen-bond acceptors (Lipinski definition) is 3. The summed E-state index contributed by atoms with van der Waals surface area (Å²) in [4.78, 5) is 21.9. The molecule has 0 unspecified atom stereocenters. The molecule has 5 nitrogen and oxygen atoms in total. The Hall–Kier alpha value is -2.66. The number of nitrogens with one attached hydrogen (secondary N) is 2. The smallest absolute Gasteiger partial charge is 0.239 e. The highest BCUT2D eigenvalue weighted by molar-refractivity contribution is 5.91. The number of carbonyl (C=O) groups is 1. The maximum absolute atomic E-state index is 12.2. The number of anilines is 1. The molecule has 1 aromatic carbocycles. The average molecular weight is 334 g/mol. The van der Waals surface area contributed by atoms with Gasteiger partial charge in [0.15, 0.2) is 0 Å². The fourth-order valence-electron chi connectivity index (χ4n) is 3.66. The first-order chi connectivity index (χ1) is 12.3. The van der Waals surface area contributed by atoms with Crippen molar-refractivity contribution in [3.8, 4) is 0 Å². The quantitative estimate of drug-likeness (QED) is 0.769. The number of rotatable bonds is 4. The summed E-state index contributed by atoms with van der Waals surface area (Å²) in [5.74, 6) is 1.18. The van der Waals surface area contributed by atoms with E-state index in [1.54, 1.807) is 12.3 Å². The zero-order valence-electron chi connectivity index (χ0n) is 14.1. The molecule has 0 bridgehead atoms. The molecule has 5 heteroatoms. The lowest BCUT2D eigenvalue weighted by molar-refractivity contribution is -0.117. The molecule has 3 aromatic rings. The number of H-pyrrole nitrogens is 1. The third-order valence-electron chi connectivity index (χ3n) is 4.95. The van der Waals surface area contributed by atoms with Gasteiger partial charge in [-0.05, 0) is 55.6 Å². The molecule has 2 N–H and O–H groups in total. The van der Waals surface area contributed by atoms with E-state index < -0.39 is 0 Å². The van der Waals surface area contributed by atoms with Crippen LogP contribution in [0.5, 0.6) is 0 Å². The van der Waals surface area contributed by atoms with Crippen molar-refractivity contribution in [1.29, 1.82) is 0 Å². The number of para-hydroxylation sites is 1. The largest absolute Gasteiger partial charge is 0.361 e. The summed E-state index contributed by atoms with van der Waals surface area (Å²) in [6.07, 6.45) is 6.00. The minimum absolute atomic E-state index is 0.00393. The Kier molecular flexibility index (Phi) is 4.48. The van der Waals surface area contributed by atoms with E-state index in [4.69, 9.17) is 0 Å². The Labute approximate surface area is 147 Å². The standard InChI is InChI=1S/C20H22N4O/c25-20(23-19-7-3-4-10-21-19)14-24-11-8-15(9-12-24)17-13-22-18-6-2-1-5-16(17)18/h1-7,10,13,15,22H,8-9,11-12,14H2,(H,21,23,25). The second kappa shape index (κ2) is 7.07. The Bertz CT molecular complexity index is 850. The number of carbonyl (C=O) groups excluding carboxylic acids is 1. The van der Waals surface area contributed by atoms with Gasteiger partial charge in [0.1, 0.15) is 5.82 Å². The average Bonchev–Trinajstić information content (AvgIpc) is 3.07. The lowest BCUT2D eigenvalue weighted by atomic mass is 9.89. The third-order valence-corrected chi connectivity index (χ3v) is 4.95. The van der Waals surface area contributed by atoms with Gasteiger partial charge in [-0.25, -0.2) is 4.98 Å². The number of aromatic nitrogens is 2. The molecule has 0 saturated carbocycles. The molecular weight excluding hydrogens is 312 g/mol. The predicted octanol–water partition coefficient (Wildman–Crippen LogP) is 3.38. The molecule has 0 aliphatic carbocycles. The molecule has 2 aromatic heterocycles. The summed E-state index contributed by atoms with van der Waals surface area (Å²) in [6.45, 7) is 2.32. The number of pyridine rings is 1. The van der Waals surface area contributed by atoms with Crippen LogP contribution in [0.1, 0.15) is 24.3 Å². The van der Waals surface area contributed by atoms with Crippen LogP contribution in [0.4, 0.5) is 5.82 Å². The summed E-state index contributed by atoms with van der Waals surface area (Å²) in [5, 5.41) is 4.18. The number of benzene rings is 1. The molecular formula is C20H22N4O. The van der Waals surface area contributed by atoms with E-state index in [0.717, 1.165) is 25.9 Å². The van der Waals surface area contributed by atoms with Crippen molar-refractivity contribution < 1.29 is 4.79 Å². The molecule has 128 valence electrons. The molecule has 0 radical (unpaired) electrons. The molecule has 1 aliphatic heterocycles. The minimum Gasteiger partial charge on any atom is -0.361 e. The van der Waals surface area contributed by atoms with Crippen molar-refractivity contribution >= 4 is 22.6 Å². The van der Waals surface area contributed by atoms with Crippen LogP contribution in [0.25, 0.3) is 10.9 Å². The zero-order valence-corrected chi connectivity index (χ0v) is 14.1. The summed E-state index contributed by atoms with van der Waals surface area (Å²) >= 11 is 0. The van der Waals surface area contributed by atoms with Crippen LogP contribution in [-0.2, 0) is 4.79 Å². The van der Waals surface area contributed by atoms with Crippen LogP contribution in [0.3, 0.4) is 0 Å². The molecule has 4 rings (SSSR count). The van der Waals surface area contributed by atoms with Gasteiger partial charge in [0.2, 0.25) is 5.91 Å². The molecule has 1 aliphatic rings. The van der Waals surface area contributed by atoms with Crippen LogP contribution in [-0.4, -0.2) is 40.4 Å². The molecule has 1 amide bonds. The topological polar surface area (TPSA) is 61.0 Å². The van der Waals surface area contributed by atoms with Crippen LogP contribution in [0.2, 0.25) is 0 Å². The highest BCUT2D eigenvalue weighted by Gasteiger charge is 2.23. The van der Waals surface area contributed by atoms with Gasteiger partial charge >= 0.3 is 0 Å². The van der Waals surface area contributed by atoms with Crippen LogP contribution in [0.15, 0.2) is 54.9 Å². The predicted molar refractivity (Wildman–Crippen MR) is 99.6 cm³/mol. The number of nitrogens with zero attached hydrogens (tertiary/aromatic N) is 2. The van der Waals surface area contributed by atoms with Crippen LogP contribution in [0, 0.1) is 0 Å². The Morgan fingerprint density at radius 3 is 2.76 bits per heavy atom. The molecule has 0 atom stereocenters.